The lowest BCUT2D eigenvalue weighted by atomic mass is 9.95. The van der Waals surface area contributed by atoms with Gasteiger partial charge in [-0.05, 0) is 25.8 Å². The Morgan fingerprint density at radius 1 is 1.58 bits per heavy atom. The fraction of sp³-hybridized carbons (Fsp3) is 1.00. The van der Waals surface area contributed by atoms with Crippen LogP contribution in [0.3, 0.4) is 0 Å². The Kier molecular flexibility index (Phi) is 3.51. The second-order valence-corrected chi connectivity index (χ2v) is 4.11. The number of alkyl halides is 1. The highest BCUT2D eigenvalue weighted by Gasteiger charge is 2.32. The summed E-state index contributed by atoms with van der Waals surface area (Å²) in [6.45, 7) is 5.07. The van der Waals surface area contributed by atoms with Crippen molar-refractivity contribution in [3.63, 3.8) is 0 Å². The molecular weight excluding hydrogens is 153 g/mol. The Labute approximate surface area is 74.9 Å². The van der Waals surface area contributed by atoms with E-state index in [0.29, 0.717) is 18.5 Å². The summed E-state index contributed by atoms with van der Waals surface area (Å²) >= 11 is 0. The van der Waals surface area contributed by atoms with Crippen molar-refractivity contribution in [1.82, 2.24) is 4.90 Å². The smallest absolute Gasteiger partial charge is 0.114 e. The fourth-order valence-corrected chi connectivity index (χ4v) is 2.28. The Balaban J connectivity index is 2.40. The Bertz CT molecular complexity index is 138. The molecule has 3 atom stereocenters. The largest absolute Gasteiger partial charge is 0.300 e. The maximum absolute atomic E-state index is 13.0. The Morgan fingerprint density at radius 3 is 2.67 bits per heavy atom. The molecule has 0 spiro atoms. The normalized spacial score (nSPS) is 34.0. The van der Waals surface area contributed by atoms with Crippen LogP contribution in [0.1, 0.15) is 33.1 Å². The van der Waals surface area contributed by atoms with Crippen LogP contribution in [0, 0.1) is 5.92 Å². The lowest BCUT2D eigenvalue weighted by Crippen LogP contribution is -2.30. The zero-order valence-electron chi connectivity index (χ0n) is 8.39. The summed E-state index contributed by atoms with van der Waals surface area (Å²) in [7, 11) is 2.04. The van der Waals surface area contributed by atoms with Gasteiger partial charge in [0.1, 0.15) is 6.17 Å². The molecule has 0 unspecified atom stereocenters. The minimum atomic E-state index is -0.584. The van der Waals surface area contributed by atoms with Crippen LogP contribution in [0.25, 0.3) is 0 Å². The summed E-state index contributed by atoms with van der Waals surface area (Å²) in [6.07, 6.45) is 2.60. The summed E-state index contributed by atoms with van der Waals surface area (Å²) in [5, 5.41) is 0. The number of hydrogen-bond acceptors (Lipinski definition) is 1. The Hall–Kier alpha value is -0.110. The maximum Gasteiger partial charge on any atom is 0.114 e. The average molecular weight is 173 g/mol. The zero-order chi connectivity index (χ0) is 9.14. The number of halogens is 1. The van der Waals surface area contributed by atoms with Crippen molar-refractivity contribution in [3.8, 4) is 0 Å². The third-order valence-corrected chi connectivity index (χ3v) is 2.95. The number of hydrogen-bond donors (Lipinski definition) is 0. The first-order valence-corrected chi connectivity index (χ1v) is 4.99. The molecule has 2 heteroatoms. The minimum Gasteiger partial charge on any atom is -0.300 e. The minimum absolute atomic E-state index is 0.486. The van der Waals surface area contributed by atoms with E-state index in [9.17, 15) is 4.39 Å². The molecule has 0 aromatic heterocycles. The lowest BCUT2D eigenvalue weighted by molar-refractivity contribution is 0.228. The molecule has 0 bridgehead atoms. The molecule has 1 nitrogen and oxygen atoms in total. The van der Waals surface area contributed by atoms with Gasteiger partial charge in [0.2, 0.25) is 0 Å². The monoisotopic (exact) mass is 173 g/mol. The van der Waals surface area contributed by atoms with Crippen molar-refractivity contribution in [3.05, 3.63) is 0 Å². The van der Waals surface area contributed by atoms with E-state index in [4.69, 9.17) is 0 Å². The molecule has 0 N–H and O–H groups in total. The van der Waals surface area contributed by atoms with Crippen LogP contribution >= 0.6 is 0 Å². The molecule has 72 valence electrons. The molecule has 12 heavy (non-hydrogen) atoms. The van der Waals surface area contributed by atoms with Gasteiger partial charge in [-0.15, -0.1) is 0 Å². The highest BCUT2D eigenvalue weighted by Crippen LogP contribution is 2.26. The summed E-state index contributed by atoms with van der Waals surface area (Å²) in [5.74, 6) is 0.653. The summed E-state index contributed by atoms with van der Waals surface area (Å²) < 4.78 is 13.0. The van der Waals surface area contributed by atoms with E-state index in [2.05, 4.69) is 18.7 Å². The van der Waals surface area contributed by atoms with E-state index in [0.717, 1.165) is 6.42 Å². The highest BCUT2D eigenvalue weighted by atomic mass is 19.1. The number of likely N-dealkylation sites (tertiary alicyclic amines) is 1. The first-order valence-electron chi connectivity index (χ1n) is 4.99. The predicted octanol–water partition coefficient (Wildman–Crippen LogP) is 2.46. The molecule has 1 heterocycles. The summed E-state index contributed by atoms with van der Waals surface area (Å²) in [6, 6.07) is 0.486. The third kappa shape index (κ3) is 2.19. The van der Waals surface area contributed by atoms with Crippen LogP contribution in [0.15, 0.2) is 0 Å². The van der Waals surface area contributed by atoms with Gasteiger partial charge in [-0.25, -0.2) is 4.39 Å². The van der Waals surface area contributed by atoms with Gasteiger partial charge in [0, 0.05) is 12.6 Å². The molecule has 1 saturated heterocycles. The molecule has 0 aromatic carbocycles. The molecule has 1 aliphatic heterocycles. The van der Waals surface area contributed by atoms with E-state index in [1.807, 2.05) is 7.05 Å². The van der Waals surface area contributed by atoms with Gasteiger partial charge in [-0.3, -0.25) is 0 Å². The molecule has 1 aliphatic rings. The SMILES string of the molecule is CCC[C@@H](C)[C@@H]1C[C@@H](F)CN1C. The van der Waals surface area contributed by atoms with Crippen LogP contribution < -0.4 is 0 Å². The molecule has 0 radical (unpaired) electrons. The standard InChI is InChI=1S/C10H20FN/c1-4-5-8(2)10-6-9(11)7-12(10)3/h8-10H,4-7H2,1-3H3/t8-,9-,10+/m1/s1. The third-order valence-electron chi connectivity index (χ3n) is 2.95. The van der Waals surface area contributed by atoms with Crippen molar-refractivity contribution in [2.24, 2.45) is 5.92 Å². The van der Waals surface area contributed by atoms with Crippen molar-refractivity contribution < 1.29 is 4.39 Å². The van der Waals surface area contributed by atoms with Gasteiger partial charge in [-0.2, -0.15) is 0 Å². The lowest BCUT2D eigenvalue weighted by Gasteiger charge is -2.25. The molecule has 1 rings (SSSR count). The Morgan fingerprint density at radius 2 is 2.25 bits per heavy atom. The van der Waals surface area contributed by atoms with Crippen LogP contribution in [0.4, 0.5) is 4.39 Å². The number of rotatable bonds is 3. The fourth-order valence-electron chi connectivity index (χ4n) is 2.28. The topological polar surface area (TPSA) is 3.24 Å². The van der Waals surface area contributed by atoms with E-state index in [-0.39, 0.29) is 0 Å². The van der Waals surface area contributed by atoms with Gasteiger partial charge in [0.05, 0.1) is 0 Å². The van der Waals surface area contributed by atoms with Crippen molar-refractivity contribution >= 4 is 0 Å². The van der Waals surface area contributed by atoms with Crippen LogP contribution in [0.5, 0.6) is 0 Å². The molecule has 0 aliphatic carbocycles. The molecule has 0 saturated carbocycles. The molecule has 0 aromatic rings. The average Bonchev–Trinajstić information content (AvgIpc) is 2.30. The van der Waals surface area contributed by atoms with Gasteiger partial charge >= 0.3 is 0 Å². The first-order chi connectivity index (χ1) is 5.65. The van der Waals surface area contributed by atoms with Gasteiger partial charge < -0.3 is 4.90 Å². The van der Waals surface area contributed by atoms with E-state index >= 15 is 0 Å². The maximum atomic E-state index is 13.0. The summed E-state index contributed by atoms with van der Waals surface area (Å²) in [4.78, 5) is 2.17. The second-order valence-electron chi connectivity index (χ2n) is 4.11. The van der Waals surface area contributed by atoms with E-state index < -0.39 is 6.17 Å². The van der Waals surface area contributed by atoms with E-state index in [1.54, 1.807) is 0 Å². The highest BCUT2D eigenvalue weighted by molar-refractivity contribution is 4.86. The number of nitrogens with zero attached hydrogens (tertiary/aromatic N) is 1. The molecular formula is C10H20FN. The van der Waals surface area contributed by atoms with Crippen LogP contribution in [0.2, 0.25) is 0 Å². The summed E-state index contributed by atoms with van der Waals surface area (Å²) in [5.41, 5.74) is 0. The van der Waals surface area contributed by atoms with Gasteiger partial charge in [0.25, 0.3) is 0 Å². The second kappa shape index (κ2) is 4.22. The molecule has 0 amide bonds. The van der Waals surface area contributed by atoms with Crippen LogP contribution in [-0.2, 0) is 0 Å². The van der Waals surface area contributed by atoms with Crippen molar-refractivity contribution in [2.45, 2.75) is 45.3 Å². The van der Waals surface area contributed by atoms with Gasteiger partial charge in [-0.1, -0.05) is 20.3 Å². The predicted molar refractivity (Wildman–Crippen MR) is 50.0 cm³/mol. The van der Waals surface area contributed by atoms with Gasteiger partial charge in [0.15, 0.2) is 0 Å². The quantitative estimate of drug-likeness (QED) is 0.633. The van der Waals surface area contributed by atoms with Crippen molar-refractivity contribution in [1.29, 1.82) is 0 Å². The zero-order valence-corrected chi connectivity index (χ0v) is 8.39. The first kappa shape index (κ1) is 9.97. The van der Waals surface area contributed by atoms with Crippen molar-refractivity contribution in [2.75, 3.05) is 13.6 Å². The van der Waals surface area contributed by atoms with E-state index in [1.165, 1.54) is 12.8 Å². The van der Waals surface area contributed by atoms with Crippen LogP contribution in [-0.4, -0.2) is 30.7 Å². The molecule has 1 fully saturated rings.